The third-order valence-electron chi connectivity index (χ3n) is 6.98. The summed E-state index contributed by atoms with van der Waals surface area (Å²) in [4.78, 5) is 37.5. The zero-order chi connectivity index (χ0) is 32.4. The van der Waals surface area contributed by atoms with E-state index < -0.39 is 28.0 Å². The highest BCUT2D eigenvalue weighted by Gasteiger charge is 2.21. The molecule has 3 aromatic carbocycles. The van der Waals surface area contributed by atoms with Crippen LogP contribution < -0.4 is 20.3 Å². The first-order chi connectivity index (χ1) is 22.2. The first kappa shape index (κ1) is 29.7. The molecule has 11 nitrogen and oxygen atoms in total. The Morgan fingerprint density at radius 3 is 2.50 bits per heavy atom. The maximum absolute atomic E-state index is 15.4. The molecule has 0 bridgehead atoms. The summed E-state index contributed by atoms with van der Waals surface area (Å²) in [5.74, 6) is -2.08. The summed E-state index contributed by atoms with van der Waals surface area (Å²) in [6.07, 6.45) is 4.52. The van der Waals surface area contributed by atoms with Gasteiger partial charge in [0, 0.05) is 53.6 Å². The molecule has 6 aromatic rings. The van der Waals surface area contributed by atoms with Gasteiger partial charge >= 0.3 is 0 Å². The number of ether oxygens (including phenoxy) is 2. The standard InChI is InChI=1S/C33H23F2N5O6/c1-2-45-28-14-16-38(23-9-6-21(34)7-10-23)33(42)30(28)32(41)37-22-8-11-27(26(35)19-22)46-29-12-15-36-39-17-13-25(31(29)39)20-4-3-5-24(18-20)40(43)44/h3-19H,2H2,1H3,(H,37,41). The molecule has 0 aliphatic heterocycles. The van der Waals surface area contributed by atoms with Crippen molar-refractivity contribution in [3.63, 3.8) is 0 Å². The van der Waals surface area contributed by atoms with E-state index in [1.807, 2.05) is 0 Å². The van der Waals surface area contributed by atoms with Gasteiger partial charge in [-0.15, -0.1) is 0 Å². The number of pyridine rings is 1. The Bertz CT molecular complexity index is 2180. The molecule has 6 rings (SSSR count). The largest absolute Gasteiger partial charge is 0.493 e. The fourth-order valence-corrected chi connectivity index (χ4v) is 4.90. The van der Waals surface area contributed by atoms with E-state index in [-0.39, 0.29) is 40.8 Å². The molecule has 230 valence electrons. The normalized spacial score (nSPS) is 10.9. The van der Waals surface area contributed by atoms with E-state index >= 15 is 4.39 Å². The number of nitrogens with zero attached hydrogens (tertiary/aromatic N) is 4. The lowest BCUT2D eigenvalue weighted by Crippen LogP contribution is -2.29. The van der Waals surface area contributed by atoms with Crippen molar-refractivity contribution >= 4 is 22.8 Å². The van der Waals surface area contributed by atoms with Gasteiger partial charge in [-0.25, -0.2) is 13.3 Å². The van der Waals surface area contributed by atoms with Crippen LogP contribution in [0.15, 0.2) is 108 Å². The van der Waals surface area contributed by atoms with Gasteiger partial charge in [0.25, 0.3) is 17.2 Å². The number of hydrogen-bond acceptors (Lipinski definition) is 7. The Hall–Kier alpha value is -6.37. The van der Waals surface area contributed by atoms with Gasteiger partial charge in [-0.05, 0) is 61.0 Å². The number of nitro groups is 1. The Morgan fingerprint density at radius 2 is 1.76 bits per heavy atom. The molecule has 1 amide bonds. The van der Waals surface area contributed by atoms with Gasteiger partial charge in [-0.1, -0.05) is 12.1 Å². The lowest BCUT2D eigenvalue weighted by Gasteiger charge is -2.14. The van der Waals surface area contributed by atoms with E-state index in [1.54, 1.807) is 31.3 Å². The van der Waals surface area contributed by atoms with Crippen LogP contribution in [0, 0.1) is 21.7 Å². The first-order valence-electron chi connectivity index (χ1n) is 13.9. The molecule has 0 saturated carbocycles. The van der Waals surface area contributed by atoms with E-state index in [4.69, 9.17) is 9.47 Å². The zero-order valence-corrected chi connectivity index (χ0v) is 24.0. The van der Waals surface area contributed by atoms with Crippen molar-refractivity contribution in [3.05, 3.63) is 141 Å². The molecule has 0 spiro atoms. The van der Waals surface area contributed by atoms with Crippen LogP contribution in [0.3, 0.4) is 0 Å². The van der Waals surface area contributed by atoms with Crippen LogP contribution in [0.4, 0.5) is 20.2 Å². The number of carbonyl (C=O) groups excluding carboxylic acids is 1. The Morgan fingerprint density at radius 1 is 0.957 bits per heavy atom. The number of anilines is 1. The molecule has 0 aliphatic carbocycles. The molecule has 0 fully saturated rings. The molecule has 1 N–H and O–H groups in total. The maximum atomic E-state index is 15.4. The summed E-state index contributed by atoms with van der Waals surface area (Å²) in [6, 6.07) is 19.7. The molecular formula is C33H23F2N5O6. The number of non-ortho nitro benzene ring substituents is 1. The van der Waals surface area contributed by atoms with Crippen molar-refractivity contribution in [2.24, 2.45) is 0 Å². The number of aromatic nitrogens is 3. The van der Waals surface area contributed by atoms with E-state index in [1.165, 1.54) is 82.1 Å². The molecule has 13 heteroatoms. The third-order valence-corrected chi connectivity index (χ3v) is 6.98. The number of benzene rings is 3. The van der Waals surface area contributed by atoms with Gasteiger partial charge in [0.2, 0.25) is 0 Å². The van der Waals surface area contributed by atoms with Gasteiger partial charge in [-0.3, -0.25) is 24.3 Å². The monoisotopic (exact) mass is 623 g/mol. The molecule has 0 saturated heterocycles. The average molecular weight is 624 g/mol. The fraction of sp³-hybridized carbons (Fsp3) is 0.0606. The minimum absolute atomic E-state index is 0.0252. The van der Waals surface area contributed by atoms with Crippen molar-refractivity contribution in [2.45, 2.75) is 6.92 Å². The van der Waals surface area contributed by atoms with E-state index in [0.717, 1.165) is 6.07 Å². The number of hydrogen-bond donors (Lipinski definition) is 1. The van der Waals surface area contributed by atoms with Crippen molar-refractivity contribution in [3.8, 4) is 34.1 Å². The van der Waals surface area contributed by atoms with Gasteiger partial charge in [0.05, 0.1) is 17.7 Å². The van der Waals surface area contributed by atoms with E-state index in [9.17, 15) is 24.1 Å². The van der Waals surface area contributed by atoms with Crippen molar-refractivity contribution in [1.29, 1.82) is 0 Å². The van der Waals surface area contributed by atoms with Crippen LogP contribution >= 0.6 is 0 Å². The number of fused-ring (bicyclic) bond motifs is 1. The smallest absolute Gasteiger partial charge is 0.271 e. The fourth-order valence-electron chi connectivity index (χ4n) is 4.90. The second-order valence-electron chi connectivity index (χ2n) is 9.87. The third kappa shape index (κ3) is 5.76. The molecule has 0 unspecified atom stereocenters. The Kier molecular flexibility index (Phi) is 7.95. The number of rotatable bonds is 9. The maximum Gasteiger partial charge on any atom is 0.271 e. The van der Waals surface area contributed by atoms with Crippen LogP contribution in [0.1, 0.15) is 17.3 Å². The lowest BCUT2D eigenvalue weighted by molar-refractivity contribution is -0.384. The highest BCUT2D eigenvalue weighted by molar-refractivity contribution is 6.06. The quantitative estimate of drug-likeness (QED) is 0.139. The molecule has 3 aromatic heterocycles. The van der Waals surface area contributed by atoms with Gasteiger partial charge in [0.15, 0.2) is 17.3 Å². The van der Waals surface area contributed by atoms with Gasteiger partial charge in [0.1, 0.15) is 22.6 Å². The molecule has 0 aliphatic rings. The summed E-state index contributed by atoms with van der Waals surface area (Å²) in [5.41, 5.74) is 0.801. The van der Waals surface area contributed by atoms with Crippen LogP contribution in [-0.2, 0) is 0 Å². The predicted molar refractivity (Wildman–Crippen MR) is 165 cm³/mol. The second-order valence-corrected chi connectivity index (χ2v) is 9.87. The summed E-state index contributed by atoms with van der Waals surface area (Å²) >= 11 is 0. The molecule has 46 heavy (non-hydrogen) atoms. The van der Waals surface area contributed by atoms with Crippen LogP contribution in [0.25, 0.3) is 22.3 Å². The summed E-state index contributed by atoms with van der Waals surface area (Å²) in [7, 11) is 0. The van der Waals surface area contributed by atoms with E-state index in [0.29, 0.717) is 22.3 Å². The molecule has 0 atom stereocenters. The molecule has 3 heterocycles. The molecular weight excluding hydrogens is 600 g/mol. The van der Waals surface area contributed by atoms with E-state index in [2.05, 4.69) is 10.4 Å². The highest BCUT2D eigenvalue weighted by atomic mass is 19.1. The second kappa shape index (κ2) is 12.3. The summed E-state index contributed by atoms with van der Waals surface area (Å²) < 4.78 is 42.9. The van der Waals surface area contributed by atoms with Crippen LogP contribution in [0.2, 0.25) is 0 Å². The zero-order valence-electron chi connectivity index (χ0n) is 24.0. The van der Waals surface area contributed by atoms with Crippen molar-refractivity contribution in [1.82, 2.24) is 14.2 Å². The van der Waals surface area contributed by atoms with Crippen LogP contribution in [0.5, 0.6) is 17.2 Å². The number of amides is 1. The van der Waals surface area contributed by atoms with Crippen LogP contribution in [-0.4, -0.2) is 31.6 Å². The first-order valence-corrected chi connectivity index (χ1v) is 13.9. The van der Waals surface area contributed by atoms with Crippen molar-refractivity contribution < 1.29 is 28.0 Å². The molecule has 0 radical (unpaired) electrons. The predicted octanol–water partition coefficient (Wildman–Crippen LogP) is 6.78. The van der Waals surface area contributed by atoms with Gasteiger partial charge < -0.3 is 14.8 Å². The Balaban J connectivity index is 1.29. The topological polar surface area (TPSA) is 130 Å². The number of nitro benzene ring substituents is 1. The summed E-state index contributed by atoms with van der Waals surface area (Å²) in [5, 5.41) is 18.1. The average Bonchev–Trinajstić information content (AvgIpc) is 3.48. The van der Waals surface area contributed by atoms with Crippen molar-refractivity contribution in [2.75, 3.05) is 11.9 Å². The lowest BCUT2D eigenvalue weighted by atomic mass is 10.1. The summed E-state index contributed by atoms with van der Waals surface area (Å²) in [6.45, 7) is 1.87. The minimum atomic E-state index is -0.844. The number of carbonyl (C=O) groups is 1. The number of halogens is 2. The van der Waals surface area contributed by atoms with Gasteiger partial charge in [-0.2, -0.15) is 5.10 Å². The highest BCUT2D eigenvalue weighted by Crippen LogP contribution is 2.36. The SMILES string of the molecule is CCOc1ccn(-c2ccc(F)cc2)c(=O)c1C(=O)Nc1ccc(Oc2ccnn3ccc(-c4cccc([N+](=O)[O-])c4)c23)c(F)c1. The number of nitrogens with one attached hydrogen (secondary N) is 1. The minimum Gasteiger partial charge on any atom is -0.493 e. The Labute approximate surface area is 259 Å².